The Hall–Kier alpha value is -1.83. The number of hydrogen-bond acceptors (Lipinski definition) is 1. The number of rotatable bonds is 2. The van der Waals surface area contributed by atoms with E-state index >= 15 is 0 Å². The molecule has 0 spiro atoms. The minimum Gasteiger partial charge on any atom is -0.353 e. The molecule has 0 bridgehead atoms. The first kappa shape index (κ1) is 9.40. The van der Waals surface area contributed by atoms with Crippen molar-refractivity contribution < 1.29 is 4.79 Å². The van der Waals surface area contributed by atoms with Gasteiger partial charge in [0, 0.05) is 25.4 Å². The standard InChI is InChI=1S/C14H13NO/c16-14-9-11-5-1-2-6-12(11)13(14)10-15-7-3-4-8-15/h1-8,13H,9-10H2. The van der Waals surface area contributed by atoms with Crippen molar-refractivity contribution in [3.63, 3.8) is 0 Å². The minimum atomic E-state index is 0.0450. The zero-order chi connectivity index (χ0) is 11.0. The van der Waals surface area contributed by atoms with E-state index in [-0.39, 0.29) is 5.92 Å². The lowest BCUT2D eigenvalue weighted by atomic mass is 10.0. The summed E-state index contributed by atoms with van der Waals surface area (Å²) in [7, 11) is 0. The number of Topliss-reactive ketones (excluding diaryl/α,β-unsaturated/α-hetero) is 1. The van der Waals surface area contributed by atoms with Gasteiger partial charge in [0.2, 0.25) is 0 Å². The number of fused-ring (bicyclic) bond motifs is 1. The van der Waals surface area contributed by atoms with E-state index in [2.05, 4.69) is 16.7 Å². The molecule has 2 nitrogen and oxygen atoms in total. The molecule has 0 fully saturated rings. The number of aromatic nitrogens is 1. The Bertz CT molecular complexity index is 513. The van der Waals surface area contributed by atoms with Gasteiger partial charge in [-0.25, -0.2) is 0 Å². The van der Waals surface area contributed by atoms with Crippen LogP contribution in [0, 0.1) is 0 Å². The third kappa shape index (κ3) is 1.47. The zero-order valence-electron chi connectivity index (χ0n) is 8.97. The second-order valence-corrected chi connectivity index (χ2v) is 4.27. The third-order valence-electron chi connectivity index (χ3n) is 3.24. The molecule has 1 unspecified atom stereocenters. The lowest BCUT2D eigenvalue weighted by Gasteiger charge is -2.11. The molecule has 0 saturated heterocycles. The molecule has 1 atom stereocenters. The van der Waals surface area contributed by atoms with E-state index in [0.29, 0.717) is 12.2 Å². The summed E-state index contributed by atoms with van der Waals surface area (Å²) in [6.45, 7) is 0.767. The number of carbonyl (C=O) groups excluding carboxylic acids is 1. The molecule has 1 aromatic carbocycles. The Balaban J connectivity index is 1.93. The second-order valence-electron chi connectivity index (χ2n) is 4.27. The van der Waals surface area contributed by atoms with Crippen molar-refractivity contribution in [3.05, 3.63) is 59.9 Å². The lowest BCUT2D eigenvalue weighted by Crippen LogP contribution is -2.13. The quantitative estimate of drug-likeness (QED) is 0.747. The summed E-state index contributed by atoms with van der Waals surface area (Å²) in [5, 5.41) is 0. The maximum Gasteiger partial charge on any atom is 0.146 e. The Kier molecular flexibility index (Phi) is 2.13. The summed E-state index contributed by atoms with van der Waals surface area (Å²) >= 11 is 0. The van der Waals surface area contributed by atoms with Gasteiger partial charge in [0.05, 0.1) is 5.92 Å². The normalized spacial score (nSPS) is 18.8. The van der Waals surface area contributed by atoms with Crippen molar-refractivity contribution in [1.29, 1.82) is 0 Å². The Morgan fingerprint density at radius 3 is 2.69 bits per heavy atom. The molecule has 0 amide bonds. The van der Waals surface area contributed by atoms with Crippen molar-refractivity contribution in [2.45, 2.75) is 18.9 Å². The first-order valence-corrected chi connectivity index (χ1v) is 5.56. The van der Waals surface area contributed by atoms with Gasteiger partial charge >= 0.3 is 0 Å². The first-order valence-electron chi connectivity index (χ1n) is 5.56. The predicted molar refractivity (Wildman–Crippen MR) is 62.3 cm³/mol. The summed E-state index contributed by atoms with van der Waals surface area (Å²) in [6, 6.07) is 12.1. The fraction of sp³-hybridized carbons (Fsp3) is 0.214. The van der Waals surface area contributed by atoms with Gasteiger partial charge in [-0.2, -0.15) is 0 Å². The van der Waals surface area contributed by atoms with Crippen molar-refractivity contribution in [1.82, 2.24) is 4.57 Å². The molecule has 80 valence electrons. The number of nitrogens with zero attached hydrogens (tertiary/aromatic N) is 1. The molecule has 3 rings (SSSR count). The zero-order valence-corrected chi connectivity index (χ0v) is 8.97. The van der Waals surface area contributed by atoms with Crippen molar-refractivity contribution in [2.24, 2.45) is 0 Å². The maximum atomic E-state index is 11.9. The van der Waals surface area contributed by atoms with Gasteiger partial charge in [-0.1, -0.05) is 24.3 Å². The average molecular weight is 211 g/mol. The maximum absolute atomic E-state index is 11.9. The van der Waals surface area contributed by atoms with Crippen LogP contribution in [0.25, 0.3) is 0 Å². The molecule has 2 aromatic rings. The molecule has 0 saturated carbocycles. The minimum absolute atomic E-state index is 0.0450. The largest absolute Gasteiger partial charge is 0.353 e. The van der Waals surface area contributed by atoms with Crippen LogP contribution in [0.2, 0.25) is 0 Å². The van der Waals surface area contributed by atoms with E-state index in [1.165, 1.54) is 11.1 Å². The number of ketones is 1. The highest BCUT2D eigenvalue weighted by molar-refractivity contribution is 5.92. The van der Waals surface area contributed by atoms with Crippen molar-refractivity contribution in [2.75, 3.05) is 0 Å². The predicted octanol–water partition coefficient (Wildman–Crippen LogP) is 2.40. The molecule has 0 aliphatic heterocycles. The number of hydrogen-bond donors (Lipinski definition) is 0. The monoisotopic (exact) mass is 211 g/mol. The Labute approximate surface area is 94.5 Å². The first-order chi connectivity index (χ1) is 7.84. The van der Waals surface area contributed by atoms with Gasteiger partial charge in [-0.3, -0.25) is 4.79 Å². The van der Waals surface area contributed by atoms with E-state index in [9.17, 15) is 4.79 Å². The molecule has 2 heteroatoms. The summed E-state index contributed by atoms with van der Waals surface area (Å²) in [6.07, 6.45) is 4.62. The van der Waals surface area contributed by atoms with E-state index in [1.807, 2.05) is 36.7 Å². The van der Waals surface area contributed by atoms with E-state index in [4.69, 9.17) is 0 Å². The molecule has 0 N–H and O–H groups in total. The average Bonchev–Trinajstić information content (AvgIpc) is 2.89. The summed E-state index contributed by atoms with van der Waals surface area (Å²) in [4.78, 5) is 11.9. The van der Waals surface area contributed by atoms with Crippen molar-refractivity contribution in [3.8, 4) is 0 Å². The molecule has 0 radical (unpaired) electrons. The van der Waals surface area contributed by atoms with Crippen LogP contribution in [0.5, 0.6) is 0 Å². The van der Waals surface area contributed by atoms with Crippen LogP contribution in [-0.2, 0) is 17.8 Å². The topological polar surface area (TPSA) is 22.0 Å². The highest BCUT2D eigenvalue weighted by atomic mass is 16.1. The van der Waals surface area contributed by atoms with Gasteiger partial charge in [-0.15, -0.1) is 0 Å². The molecular formula is C14H13NO. The van der Waals surface area contributed by atoms with Gasteiger partial charge < -0.3 is 4.57 Å². The van der Waals surface area contributed by atoms with Crippen LogP contribution in [0.1, 0.15) is 17.0 Å². The SMILES string of the molecule is O=C1Cc2ccccc2C1Cn1cccc1. The van der Waals surface area contributed by atoms with Crippen LogP contribution >= 0.6 is 0 Å². The van der Waals surface area contributed by atoms with Gasteiger partial charge in [-0.05, 0) is 23.3 Å². The van der Waals surface area contributed by atoms with E-state index in [0.717, 1.165) is 6.54 Å². The Morgan fingerprint density at radius 1 is 1.12 bits per heavy atom. The third-order valence-corrected chi connectivity index (χ3v) is 3.24. The van der Waals surface area contributed by atoms with Gasteiger partial charge in [0.1, 0.15) is 5.78 Å². The highest BCUT2D eigenvalue weighted by Crippen LogP contribution is 2.31. The fourth-order valence-electron chi connectivity index (χ4n) is 2.42. The van der Waals surface area contributed by atoms with Gasteiger partial charge in [0.25, 0.3) is 0 Å². The van der Waals surface area contributed by atoms with Crippen LogP contribution in [0.4, 0.5) is 0 Å². The molecular weight excluding hydrogens is 198 g/mol. The smallest absolute Gasteiger partial charge is 0.146 e. The molecule has 16 heavy (non-hydrogen) atoms. The van der Waals surface area contributed by atoms with Crippen LogP contribution in [-0.4, -0.2) is 10.4 Å². The summed E-state index contributed by atoms with van der Waals surface area (Å²) in [5.74, 6) is 0.387. The van der Waals surface area contributed by atoms with E-state index in [1.54, 1.807) is 0 Å². The number of benzene rings is 1. The second kappa shape index (κ2) is 3.63. The van der Waals surface area contributed by atoms with Crippen molar-refractivity contribution >= 4 is 5.78 Å². The molecule has 1 heterocycles. The fourth-order valence-corrected chi connectivity index (χ4v) is 2.42. The Morgan fingerprint density at radius 2 is 1.88 bits per heavy atom. The lowest BCUT2D eigenvalue weighted by molar-refractivity contribution is -0.119. The van der Waals surface area contributed by atoms with Gasteiger partial charge in [0.15, 0.2) is 0 Å². The van der Waals surface area contributed by atoms with Crippen LogP contribution in [0.15, 0.2) is 48.8 Å². The summed E-state index contributed by atoms with van der Waals surface area (Å²) in [5.41, 5.74) is 2.41. The van der Waals surface area contributed by atoms with Crippen LogP contribution in [0.3, 0.4) is 0 Å². The molecule has 1 aromatic heterocycles. The van der Waals surface area contributed by atoms with Crippen LogP contribution < -0.4 is 0 Å². The van der Waals surface area contributed by atoms with E-state index < -0.39 is 0 Å². The summed E-state index contributed by atoms with van der Waals surface area (Å²) < 4.78 is 2.07. The number of carbonyl (C=O) groups is 1. The molecule has 1 aliphatic carbocycles. The highest BCUT2D eigenvalue weighted by Gasteiger charge is 2.29. The molecule has 1 aliphatic rings.